The fraction of sp³-hybridized carbons (Fsp3) is 0.238. The van der Waals surface area contributed by atoms with E-state index in [1.165, 1.54) is 39.6 Å². The van der Waals surface area contributed by atoms with Gasteiger partial charge in [0.05, 0.1) is 12.2 Å². The lowest BCUT2D eigenvalue weighted by molar-refractivity contribution is -0.119. The fourth-order valence-corrected chi connectivity index (χ4v) is 5.78. The summed E-state index contributed by atoms with van der Waals surface area (Å²) in [6, 6.07) is 10.3. The third kappa shape index (κ3) is 4.66. The quantitative estimate of drug-likeness (QED) is 0.580. The molecule has 4 rings (SSSR count). The van der Waals surface area contributed by atoms with Gasteiger partial charge in [-0.25, -0.2) is 17.8 Å². The molecule has 0 unspecified atom stereocenters. The van der Waals surface area contributed by atoms with Crippen LogP contribution in [0.3, 0.4) is 0 Å². The smallest absolute Gasteiger partial charge is 0.262 e. The van der Waals surface area contributed by atoms with Crippen LogP contribution in [0.25, 0.3) is 0 Å². The average Bonchev–Trinajstić information content (AvgIpc) is 3.35. The van der Waals surface area contributed by atoms with Crippen LogP contribution in [0.15, 0.2) is 60.0 Å². The summed E-state index contributed by atoms with van der Waals surface area (Å²) in [5, 5.41) is 3.38. The van der Waals surface area contributed by atoms with E-state index in [4.69, 9.17) is 23.2 Å². The average molecular weight is 497 g/mol. The van der Waals surface area contributed by atoms with Gasteiger partial charge in [0.25, 0.3) is 10.0 Å². The van der Waals surface area contributed by atoms with E-state index in [0.717, 1.165) is 0 Å². The Bertz CT molecular complexity index is 1240. The van der Waals surface area contributed by atoms with Crippen molar-refractivity contribution in [1.82, 2.24) is 13.9 Å². The van der Waals surface area contributed by atoms with Gasteiger partial charge in [0.15, 0.2) is 5.03 Å². The number of aryl methyl sites for hydroxylation is 1. The Hall–Kier alpha value is -2.46. The molecule has 1 saturated heterocycles. The number of imidazole rings is 1. The van der Waals surface area contributed by atoms with Gasteiger partial charge in [0.2, 0.25) is 5.91 Å². The van der Waals surface area contributed by atoms with Crippen molar-refractivity contribution in [2.24, 2.45) is 13.0 Å². The highest BCUT2D eigenvalue weighted by molar-refractivity contribution is 7.89. The summed E-state index contributed by atoms with van der Waals surface area (Å²) in [5.41, 5.74) is 1.06. The molecular formula is C21H19Cl2FN4O3S. The minimum absolute atomic E-state index is 0.0545. The highest BCUT2D eigenvalue weighted by Crippen LogP contribution is 2.36. The van der Waals surface area contributed by atoms with Gasteiger partial charge in [-0.2, -0.15) is 4.31 Å². The van der Waals surface area contributed by atoms with Gasteiger partial charge in [-0.1, -0.05) is 35.3 Å². The molecule has 1 fully saturated rings. The minimum atomic E-state index is -3.91. The molecule has 11 heteroatoms. The standard InChI is InChI=1S/C21H19Cl2FN4O3S/c1-27-11-20(25-12-27)32(30,31)28-9-18(13-2-4-16(24)5-3-13)19(10-28)21(29)26-17-7-14(22)6-15(23)8-17/h2-8,11-12,18-19H,9-10H2,1H3,(H,26,29)/t18-,19+/m0/s1. The number of carbonyl (C=O) groups excluding carboxylic acids is 1. The van der Waals surface area contributed by atoms with Crippen molar-refractivity contribution in [2.75, 3.05) is 18.4 Å². The molecule has 0 aliphatic carbocycles. The van der Waals surface area contributed by atoms with Crippen molar-refractivity contribution in [1.29, 1.82) is 0 Å². The molecule has 7 nitrogen and oxygen atoms in total. The van der Waals surface area contributed by atoms with Gasteiger partial charge >= 0.3 is 0 Å². The van der Waals surface area contributed by atoms with E-state index in [2.05, 4.69) is 10.3 Å². The Morgan fingerprint density at radius 3 is 2.38 bits per heavy atom. The number of aromatic nitrogens is 2. The maximum absolute atomic E-state index is 13.5. The van der Waals surface area contributed by atoms with Crippen LogP contribution in [0, 0.1) is 11.7 Å². The molecule has 0 saturated carbocycles. The summed E-state index contributed by atoms with van der Waals surface area (Å²) in [4.78, 5) is 17.1. The van der Waals surface area contributed by atoms with E-state index >= 15 is 0 Å². The third-order valence-electron chi connectivity index (χ3n) is 5.34. The third-order valence-corrected chi connectivity index (χ3v) is 7.49. The first-order chi connectivity index (χ1) is 15.1. The molecule has 1 aliphatic heterocycles. The molecule has 1 N–H and O–H groups in total. The van der Waals surface area contributed by atoms with Crippen LogP contribution < -0.4 is 5.32 Å². The molecule has 1 amide bonds. The number of anilines is 1. The topological polar surface area (TPSA) is 84.3 Å². The molecule has 168 valence electrons. The van der Waals surface area contributed by atoms with Crippen molar-refractivity contribution in [3.63, 3.8) is 0 Å². The van der Waals surface area contributed by atoms with Crippen molar-refractivity contribution in [2.45, 2.75) is 10.9 Å². The fourth-order valence-electron chi connectivity index (χ4n) is 3.79. The molecule has 2 heterocycles. The van der Waals surface area contributed by atoms with Gasteiger partial charge in [-0.15, -0.1) is 0 Å². The number of halogens is 3. The van der Waals surface area contributed by atoms with Gasteiger partial charge in [0.1, 0.15) is 5.82 Å². The zero-order valence-electron chi connectivity index (χ0n) is 16.9. The van der Waals surface area contributed by atoms with Gasteiger partial charge in [0, 0.05) is 48.0 Å². The molecular weight excluding hydrogens is 478 g/mol. The first-order valence-corrected chi connectivity index (χ1v) is 11.8. The second-order valence-corrected chi connectivity index (χ2v) is 10.4. The predicted octanol–water partition coefficient (Wildman–Crippen LogP) is 3.91. The van der Waals surface area contributed by atoms with Crippen LogP contribution >= 0.6 is 23.2 Å². The summed E-state index contributed by atoms with van der Waals surface area (Å²) in [5.74, 6) is -2.02. The molecule has 0 bridgehead atoms. The number of amides is 1. The number of nitrogens with one attached hydrogen (secondary N) is 1. The van der Waals surface area contributed by atoms with E-state index in [-0.39, 0.29) is 18.1 Å². The lowest BCUT2D eigenvalue weighted by atomic mass is 9.88. The number of nitrogens with zero attached hydrogens (tertiary/aromatic N) is 3. The van der Waals surface area contributed by atoms with Crippen molar-refractivity contribution in [3.05, 3.63) is 76.4 Å². The highest BCUT2D eigenvalue weighted by atomic mass is 35.5. The van der Waals surface area contributed by atoms with Gasteiger partial charge < -0.3 is 9.88 Å². The summed E-state index contributed by atoms with van der Waals surface area (Å²) >= 11 is 12.0. The molecule has 32 heavy (non-hydrogen) atoms. The largest absolute Gasteiger partial charge is 0.339 e. The van der Waals surface area contributed by atoms with Crippen LogP contribution in [0.2, 0.25) is 10.0 Å². The van der Waals surface area contributed by atoms with E-state index < -0.39 is 33.6 Å². The Balaban J connectivity index is 1.65. The van der Waals surface area contributed by atoms with Crippen molar-refractivity contribution < 1.29 is 17.6 Å². The number of sulfonamides is 1. The van der Waals surface area contributed by atoms with E-state index in [0.29, 0.717) is 21.3 Å². The molecule has 1 aliphatic rings. The monoisotopic (exact) mass is 496 g/mol. The van der Waals surface area contributed by atoms with Crippen LogP contribution in [0.1, 0.15) is 11.5 Å². The van der Waals surface area contributed by atoms with Crippen LogP contribution in [0.4, 0.5) is 10.1 Å². The second kappa shape index (κ2) is 8.82. The van der Waals surface area contributed by atoms with E-state index in [9.17, 15) is 17.6 Å². The van der Waals surface area contributed by atoms with Crippen LogP contribution in [-0.4, -0.2) is 41.3 Å². The van der Waals surface area contributed by atoms with Crippen molar-refractivity contribution >= 4 is 44.8 Å². The molecule has 1 aromatic heterocycles. The maximum Gasteiger partial charge on any atom is 0.262 e. The number of carbonyl (C=O) groups is 1. The summed E-state index contributed by atoms with van der Waals surface area (Å²) in [6.45, 7) is 0.0000105. The Kier molecular flexibility index (Phi) is 6.26. The zero-order chi connectivity index (χ0) is 23.0. The zero-order valence-corrected chi connectivity index (χ0v) is 19.2. The summed E-state index contributed by atoms with van der Waals surface area (Å²) in [6.07, 6.45) is 2.80. The molecule has 2 atom stereocenters. The SMILES string of the molecule is Cn1cnc(S(=O)(=O)N2C[C@@H](C(=O)Nc3cc(Cl)cc(Cl)c3)[C@H](c3ccc(F)cc3)C2)c1. The van der Waals surface area contributed by atoms with Gasteiger partial charge in [-0.3, -0.25) is 4.79 Å². The van der Waals surface area contributed by atoms with Crippen LogP contribution in [-0.2, 0) is 21.9 Å². The minimum Gasteiger partial charge on any atom is -0.339 e. The Morgan fingerprint density at radius 1 is 1.12 bits per heavy atom. The normalized spacial score (nSPS) is 19.2. The highest BCUT2D eigenvalue weighted by Gasteiger charge is 2.44. The van der Waals surface area contributed by atoms with E-state index in [1.54, 1.807) is 31.3 Å². The second-order valence-electron chi connectivity index (χ2n) is 7.61. The Labute approximate surface area is 194 Å². The number of benzene rings is 2. The number of hydrogen-bond donors (Lipinski definition) is 1. The maximum atomic E-state index is 13.5. The lowest BCUT2D eigenvalue weighted by Gasteiger charge is -2.18. The van der Waals surface area contributed by atoms with Crippen molar-refractivity contribution in [3.8, 4) is 0 Å². The molecule has 2 aromatic carbocycles. The number of hydrogen-bond acceptors (Lipinski definition) is 4. The van der Waals surface area contributed by atoms with E-state index in [1.807, 2.05) is 0 Å². The van der Waals surface area contributed by atoms with Gasteiger partial charge in [-0.05, 0) is 35.9 Å². The lowest BCUT2D eigenvalue weighted by Crippen LogP contribution is -2.32. The molecule has 0 spiro atoms. The predicted molar refractivity (Wildman–Crippen MR) is 120 cm³/mol. The first kappa shape index (κ1) is 22.7. The first-order valence-electron chi connectivity index (χ1n) is 9.64. The van der Waals surface area contributed by atoms with Crippen LogP contribution in [0.5, 0.6) is 0 Å². The molecule has 0 radical (unpaired) electrons. The summed E-state index contributed by atoms with van der Waals surface area (Å²) in [7, 11) is -2.24. The number of rotatable bonds is 5. The molecule has 3 aromatic rings. The Morgan fingerprint density at radius 2 is 1.78 bits per heavy atom. The summed E-state index contributed by atoms with van der Waals surface area (Å²) < 4.78 is 42.5.